The van der Waals surface area contributed by atoms with Crippen molar-refractivity contribution in [2.24, 2.45) is 5.41 Å². The zero-order valence-electron chi connectivity index (χ0n) is 13.5. The molecule has 2 saturated heterocycles. The summed E-state index contributed by atoms with van der Waals surface area (Å²) >= 11 is 1.57. The molecule has 0 atom stereocenters. The third-order valence-corrected chi connectivity index (χ3v) is 5.51. The van der Waals surface area contributed by atoms with E-state index in [1.54, 1.807) is 24.2 Å². The van der Waals surface area contributed by atoms with E-state index in [9.17, 15) is 9.59 Å². The fourth-order valence-corrected chi connectivity index (χ4v) is 4.04. The Labute approximate surface area is 141 Å². The summed E-state index contributed by atoms with van der Waals surface area (Å²) in [6.45, 7) is 3.06. The average molecular weight is 333 g/mol. The summed E-state index contributed by atoms with van der Waals surface area (Å²) in [6.07, 6.45) is 7.99. The van der Waals surface area contributed by atoms with E-state index in [0.717, 1.165) is 38.0 Å². The number of carbonyl (C=O) groups excluding carboxylic acids is 2. The van der Waals surface area contributed by atoms with Crippen LogP contribution in [0.2, 0.25) is 0 Å². The summed E-state index contributed by atoms with van der Waals surface area (Å²) in [5, 5.41) is 0. The number of hydrogen-bond donors (Lipinski definition) is 0. The van der Waals surface area contributed by atoms with E-state index in [4.69, 9.17) is 0 Å². The lowest BCUT2D eigenvalue weighted by molar-refractivity contribution is -0.130. The molecule has 0 saturated carbocycles. The van der Waals surface area contributed by atoms with Crippen molar-refractivity contribution in [1.82, 2.24) is 14.8 Å². The molecular formula is C17H23N3O2S. The first-order chi connectivity index (χ1) is 11.1. The first-order valence-corrected chi connectivity index (χ1v) is 9.45. The molecule has 3 rings (SSSR count). The molecule has 23 heavy (non-hydrogen) atoms. The van der Waals surface area contributed by atoms with E-state index in [1.807, 2.05) is 28.2 Å². The third-order valence-electron chi connectivity index (χ3n) is 4.97. The normalized spacial score (nSPS) is 20.3. The van der Waals surface area contributed by atoms with Crippen molar-refractivity contribution in [3.05, 3.63) is 30.1 Å². The van der Waals surface area contributed by atoms with Gasteiger partial charge in [-0.25, -0.2) is 0 Å². The van der Waals surface area contributed by atoms with Crippen LogP contribution >= 0.6 is 11.8 Å². The molecule has 2 aliphatic rings. The molecule has 0 aliphatic carbocycles. The van der Waals surface area contributed by atoms with Gasteiger partial charge in [0.2, 0.25) is 11.8 Å². The van der Waals surface area contributed by atoms with E-state index < -0.39 is 0 Å². The van der Waals surface area contributed by atoms with Gasteiger partial charge in [-0.2, -0.15) is 11.8 Å². The van der Waals surface area contributed by atoms with Gasteiger partial charge in [0.1, 0.15) is 0 Å². The smallest absolute Gasteiger partial charge is 0.232 e. The van der Waals surface area contributed by atoms with Crippen LogP contribution in [0, 0.1) is 5.41 Å². The fraction of sp³-hybridized carbons (Fsp3) is 0.588. The number of amides is 2. The van der Waals surface area contributed by atoms with Crippen LogP contribution in [0.4, 0.5) is 0 Å². The van der Waals surface area contributed by atoms with Crippen molar-refractivity contribution in [1.29, 1.82) is 0 Å². The number of nitrogens with zero attached hydrogens (tertiary/aromatic N) is 3. The Balaban J connectivity index is 1.58. The lowest BCUT2D eigenvalue weighted by Gasteiger charge is -2.38. The zero-order chi connectivity index (χ0) is 16.3. The number of rotatable bonds is 4. The number of hydrogen-bond acceptors (Lipinski definition) is 4. The molecular weight excluding hydrogens is 310 g/mol. The van der Waals surface area contributed by atoms with Crippen LogP contribution in [-0.4, -0.2) is 58.2 Å². The Kier molecular flexibility index (Phi) is 4.90. The quantitative estimate of drug-likeness (QED) is 0.843. The van der Waals surface area contributed by atoms with Crippen LogP contribution in [0.1, 0.15) is 24.8 Å². The second-order valence-electron chi connectivity index (χ2n) is 6.60. The molecule has 2 fully saturated rings. The van der Waals surface area contributed by atoms with Gasteiger partial charge in [0.05, 0.1) is 5.75 Å². The Morgan fingerprint density at radius 3 is 2.65 bits per heavy atom. The molecule has 1 aromatic rings. The Bertz CT molecular complexity index is 570. The highest BCUT2D eigenvalue weighted by Crippen LogP contribution is 2.41. The Hall–Kier alpha value is -1.56. The number of pyridine rings is 1. The second kappa shape index (κ2) is 6.91. The lowest BCUT2D eigenvalue weighted by Crippen LogP contribution is -2.44. The summed E-state index contributed by atoms with van der Waals surface area (Å²) < 4.78 is 0. The maximum atomic E-state index is 12.4. The highest BCUT2D eigenvalue weighted by molar-refractivity contribution is 7.99. The highest BCUT2D eigenvalue weighted by atomic mass is 32.2. The number of piperidine rings is 1. The fourth-order valence-electron chi connectivity index (χ4n) is 3.61. The van der Waals surface area contributed by atoms with Gasteiger partial charge in [-0.15, -0.1) is 0 Å². The predicted molar refractivity (Wildman–Crippen MR) is 90.9 cm³/mol. The maximum Gasteiger partial charge on any atom is 0.232 e. The molecule has 2 amide bonds. The average Bonchev–Trinajstić information content (AvgIpc) is 2.84. The summed E-state index contributed by atoms with van der Waals surface area (Å²) in [6, 6.07) is 3.92. The summed E-state index contributed by atoms with van der Waals surface area (Å²) in [4.78, 5) is 32.3. The Morgan fingerprint density at radius 2 is 2.00 bits per heavy atom. The van der Waals surface area contributed by atoms with E-state index >= 15 is 0 Å². The SMILES string of the molecule is CSCC(=O)N1CCC2(CC1)CC(=O)N(Cc1ccncc1)C2. The van der Waals surface area contributed by atoms with Crippen LogP contribution in [-0.2, 0) is 16.1 Å². The van der Waals surface area contributed by atoms with Crippen LogP contribution in [0.25, 0.3) is 0 Å². The number of carbonyl (C=O) groups is 2. The molecule has 2 aliphatic heterocycles. The van der Waals surface area contributed by atoms with Crippen molar-refractivity contribution in [3.8, 4) is 0 Å². The molecule has 5 nitrogen and oxygen atoms in total. The predicted octanol–water partition coefficient (Wildman–Crippen LogP) is 1.79. The van der Waals surface area contributed by atoms with Gasteiger partial charge in [0.25, 0.3) is 0 Å². The van der Waals surface area contributed by atoms with Crippen LogP contribution in [0.5, 0.6) is 0 Å². The molecule has 0 radical (unpaired) electrons. The van der Waals surface area contributed by atoms with Crippen LogP contribution in [0.3, 0.4) is 0 Å². The van der Waals surface area contributed by atoms with Gasteiger partial charge in [-0.05, 0) is 36.8 Å². The second-order valence-corrected chi connectivity index (χ2v) is 7.46. The largest absolute Gasteiger partial charge is 0.342 e. The molecule has 0 unspecified atom stereocenters. The summed E-state index contributed by atoms with van der Waals surface area (Å²) in [7, 11) is 0. The van der Waals surface area contributed by atoms with Crippen LogP contribution in [0.15, 0.2) is 24.5 Å². The standard InChI is InChI=1S/C17H23N3O2S/c1-23-12-16(22)19-8-4-17(5-9-19)10-15(21)20(13-17)11-14-2-6-18-7-3-14/h2-3,6-7H,4-5,8-13H2,1H3. The Morgan fingerprint density at radius 1 is 1.30 bits per heavy atom. The number of likely N-dealkylation sites (tertiary alicyclic amines) is 2. The van der Waals surface area contributed by atoms with Gasteiger partial charge in [0, 0.05) is 50.4 Å². The molecule has 1 aromatic heterocycles. The highest BCUT2D eigenvalue weighted by Gasteiger charge is 2.45. The molecule has 1 spiro atoms. The minimum absolute atomic E-state index is 0.0697. The van der Waals surface area contributed by atoms with Gasteiger partial charge in [0.15, 0.2) is 0 Å². The number of aromatic nitrogens is 1. The minimum atomic E-state index is 0.0697. The van der Waals surface area contributed by atoms with E-state index in [0.29, 0.717) is 18.7 Å². The van der Waals surface area contributed by atoms with Crippen molar-refractivity contribution in [2.75, 3.05) is 31.6 Å². The maximum absolute atomic E-state index is 12.4. The molecule has 0 N–H and O–H groups in total. The van der Waals surface area contributed by atoms with Crippen molar-refractivity contribution < 1.29 is 9.59 Å². The zero-order valence-corrected chi connectivity index (χ0v) is 14.3. The summed E-state index contributed by atoms with van der Waals surface area (Å²) in [5.74, 6) is 1.02. The van der Waals surface area contributed by atoms with Gasteiger partial charge < -0.3 is 9.80 Å². The molecule has 3 heterocycles. The molecule has 0 aromatic carbocycles. The first-order valence-electron chi connectivity index (χ1n) is 8.05. The first kappa shape index (κ1) is 16.3. The van der Waals surface area contributed by atoms with E-state index in [1.165, 1.54) is 0 Å². The van der Waals surface area contributed by atoms with E-state index in [2.05, 4.69) is 4.98 Å². The topological polar surface area (TPSA) is 53.5 Å². The lowest BCUT2D eigenvalue weighted by atomic mass is 9.77. The molecule has 124 valence electrons. The van der Waals surface area contributed by atoms with Gasteiger partial charge in [-0.3, -0.25) is 14.6 Å². The van der Waals surface area contributed by atoms with Crippen molar-refractivity contribution >= 4 is 23.6 Å². The number of thioether (sulfide) groups is 1. The minimum Gasteiger partial charge on any atom is -0.342 e. The third kappa shape index (κ3) is 3.68. The summed E-state index contributed by atoms with van der Waals surface area (Å²) in [5.41, 5.74) is 1.19. The van der Waals surface area contributed by atoms with Crippen molar-refractivity contribution in [2.45, 2.75) is 25.8 Å². The monoisotopic (exact) mass is 333 g/mol. The van der Waals surface area contributed by atoms with Crippen LogP contribution < -0.4 is 0 Å². The van der Waals surface area contributed by atoms with Gasteiger partial charge >= 0.3 is 0 Å². The van der Waals surface area contributed by atoms with E-state index in [-0.39, 0.29) is 17.2 Å². The molecule has 0 bridgehead atoms. The molecule has 6 heteroatoms. The van der Waals surface area contributed by atoms with Gasteiger partial charge in [-0.1, -0.05) is 0 Å². The van der Waals surface area contributed by atoms with Crippen molar-refractivity contribution in [3.63, 3.8) is 0 Å².